The van der Waals surface area contributed by atoms with E-state index in [9.17, 15) is 18.0 Å². The zero-order valence-electron chi connectivity index (χ0n) is 10.5. The van der Waals surface area contributed by atoms with Crippen LogP contribution in [-0.4, -0.2) is 23.9 Å². The molecule has 1 aromatic heterocycles. The largest absolute Gasteiger partial charge is 0.573 e. The van der Waals surface area contributed by atoms with Crippen LogP contribution >= 0.6 is 22.6 Å². The standard InChI is InChI=1S/C11H12F3IN2O3/c1-2-19-9(18)3-8-10(20-11(12,13)14)6(4-16)7(15)5-17-8/h5H,2-4,16H2,1H3. The van der Waals surface area contributed by atoms with Gasteiger partial charge in [0, 0.05) is 21.9 Å². The molecule has 0 aromatic carbocycles. The number of nitrogens with zero attached hydrogens (tertiary/aromatic N) is 1. The van der Waals surface area contributed by atoms with Gasteiger partial charge in [0.25, 0.3) is 0 Å². The van der Waals surface area contributed by atoms with Crippen molar-refractivity contribution in [1.29, 1.82) is 0 Å². The molecule has 5 nitrogen and oxygen atoms in total. The Morgan fingerprint density at radius 2 is 2.15 bits per heavy atom. The van der Waals surface area contributed by atoms with Gasteiger partial charge in [-0.3, -0.25) is 9.78 Å². The quantitative estimate of drug-likeness (QED) is 0.602. The van der Waals surface area contributed by atoms with Gasteiger partial charge in [-0.25, -0.2) is 0 Å². The molecule has 0 spiro atoms. The zero-order valence-corrected chi connectivity index (χ0v) is 12.6. The molecule has 9 heteroatoms. The molecule has 0 amide bonds. The molecular weight excluding hydrogens is 392 g/mol. The summed E-state index contributed by atoms with van der Waals surface area (Å²) in [5.74, 6) is -1.21. The lowest BCUT2D eigenvalue weighted by Gasteiger charge is -2.16. The Kier molecular flexibility index (Phi) is 5.99. The molecule has 0 aliphatic rings. The van der Waals surface area contributed by atoms with E-state index in [1.807, 2.05) is 0 Å². The molecule has 0 atom stereocenters. The summed E-state index contributed by atoms with van der Waals surface area (Å²) in [5, 5.41) is 0. The molecule has 0 fully saturated rings. The van der Waals surface area contributed by atoms with Gasteiger partial charge in [-0.1, -0.05) is 0 Å². The second-order valence-corrected chi connectivity index (χ2v) is 4.76. The third-order valence-electron chi connectivity index (χ3n) is 2.20. The average molecular weight is 404 g/mol. The number of carbonyl (C=O) groups is 1. The van der Waals surface area contributed by atoms with Gasteiger partial charge in [0.2, 0.25) is 0 Å². The van der Waals surface area contributed by atoms with E-state index >= 15 is 0 Å². The van der Waals surface area contributed by atoms with E-state index in [1.165, 1.54) is 6.20 Å². The van der Waals surface area contributed by atoms with Crippen molar-refractivity contribution in [3.05, 3.63) is 21.0 Å². The Hall–Kier alpha value is -1.10. The van der Waals surface area contributed by atoms with Crippen LogP contribution in [0, 0.1) is 3.57 Å². The van der Waals surface area contributed by atoms with Crippen molar-refractivity contribution >= 4 is 28.6 Å². The van der Waals surface area contributed by atoms with Crippen LogP contribution in [0.4, 0.5) is 13.2 Å². The topological polar surface area (TPSA) is 74.4 Å². The molecule has 0 bridgehead atoms. The predicted octanol–water partition coefficient (Wildman–Crippen LogP) is 2.15. The molecule has 0 unspecified atom stereocenters. The van der Waals surface area contributed by atoms with Crippen molar-refractivity contribution in [3.8, 4) is 5.75 Å². The lowest BCUT2D eigenvalue weighted by molar-refractivity contribution is -0.275. The van der Waals surface area contributed by atoms with Crippen LogP contribution in [0.2, 0.25) is 0 Å². The molecule has 0 radical (unpaired) electrons. The number of hydrogen-bond acceptors (Lipinski definition) is 5. The van der Waals surface area contributed by atoms with Gasteiger partial charge in [0.15, 0.2) is 5.75 Å². The van der Waals surface area contributed by atoms with Crippen molar-refractivity contribution in [2.45, 2.75) is 26.3 Å². The first kappa shape index (κ1) is 17.0. The van der Waals surface area contributed by atoms with E-state index in [0.717, 1.165) is 0 Å². The number of esters is 1. The van der Waals surface area contributed by atoms with Gasteiger partial charge in [-0.05, 0) is 29.5 Å². The zero-order chi connectivity index (χ0) is 15.3. The van der Waals surface area contributed by atoms with Gasteiger partial charge in [0.05, 0.1) is 18.7 Å². The third kappa shape index (κ3) is 4.78. The summed E-state index contributed by atoms with van der Waals surface area (Å²) in [6, 6.07) is 0. The van der Waals surface area contributed by atoms with E-state index in [1.54, 1.807) is 29.5 Å². The van der Waals surface area contributed by atoms with Crippen LogP contribution in [-0.2, 0) is 22.5 Å². The Morgan fingerprint density at radius 3 is 2.65 bits per heavy atom. The maximum absolute atomic E-state index is 12.4. The number of aromatic nitrogens is 1. The Morgan fingerprint density at radius 1 is 1.50 bits per heavy atom. The summed E-state index contributed by atoms with van der Waals surface area (Å²) in [4.78, 5) is 15.2. The van der Waals surface area contributed by atoms with E-state index in [-0.39, 0.29) is 24.4 Å². The molecule has 2 N–H and O–H groups in total. The summed E-state index contributed by atoms with van der Waals surface area (Å²) < 4.78 is 46.4. The van der Waals surface area contributed by atoms with Gasteiger partial charge in [-0.15, -0.1) is 13.2 Å². The molecule has 0 aliphatic carbocycles. The SMILES string of the molecule is CCOC(=O)Cc1ncc(I)c(CN)c1OC(F)(F)F. The lowest BCUT2D eigenvalue weighted by atomic mass is 10.1. The van der Waals surface area contributed by atoms with Crippen molar-refractivity contribution in [1.82, 2.24) is 4.98 Å². The molecule has 0 aliphatic heterocycles. The fourth-order valence-electron chi connectivity index (χ4n) is 1.45. The van der Waals surface area contributed by atoms with Crippen LogP contribution in [0.3, 0.4) is 0 Å². The van der Waals surface area contributed by atoms with E-state index < -0.39 is 24.5 Å². The van der Waals surface area contributed by atoms with Crippen LogP contribution in [0.5, 0.6) is 5.75 Å². The summed E-state index contributed by atoms with van der Waals surface area (Å²) in [6.07, 6.45) is -3.97. The number of halogens is 4. The fourth-order valence-corrected chi connectivity index (χ4v) is 2.06. The van der Waals surface area contributed by atoms with E-state index in [0.29, 0.717) is 3.57 Å². The molecule has 0 saturated heterocycles. The second kappa shape index (κ2) is 7.07. The number of hydrogen-bond donors (Lipinski definition) is 1. The lowest BCUT2D eigenvalue weighted by Crippen LogP contribution is -2.22. The Bertz CT molecular complexity index is 495. The summed E-state index contributed by atoms with van der Waals surface area (Å²) in [7, 11) is 0. The fraction of sp³-hybridized carbons (Fsp3) is 0.455. The molecule has 0 saturated carbocycles. The second-order valence-electron chi connectivity index (χ2n) is 3.59. The normalized spacial score (nSPS) is 11.3. The minimum absolute atomic E-state index is 0.127. The molecule has 1 aromatic rings. The summed E-state index contributed by atoms with van der Waals surface area (Å²) in [5.41, 5.74) is 5.43. The van der Waals surface area contributed by atoms with Crippen LogP contribution in [0.15, 0.2) is 6.20 Å². The first-order valence-corrected chi connectivity index (χ1v) is 6.64. The van der Waals surface area contributed by atoms with Crippen LogP contribution in [0.25, 0.3) is 0 Å². The molecule has 1 rings (SSSR count). The number of ether oxygens (including phenoxy) is 2. The summed E-state index contributed by atoms with van der Waals surface area (Å²) >= 11 is 1.80. The monoisotopic (exact) mass is 404 g/mol. The number of nitrogens with two attached hydrogens (primary N) is 1. The minimum atomic E-state index is -4.89. The van der Waals surface area contributed by atoms with Crippen molar-refractivity contribution in [2.24, 2.45) is 5.73 Å². The Labute approximate surface area is 126 Å². The molecule has 20 heavy (non-hydrogen) atoms. The molecular formula is C11H12F3IN2O3. The third-order valence-corrected chi connectivity index (χ3v) is 3.13. The highest BCUT2D eigenvalue weighted by Crippen LogP contribution is 2.32. The number of carbonyl (C=O) groups excluding carboxylic acids is 1. The van der Waals surface area contributed by atoms with Gasteiger partial charge in [0.1, 0.15) is 0 Å². The maximum Gasteiger partial charge on any atom is 0.573 e. The maximum atomic E-state index is 12.4. The number of pyridine rings is 1. The highest BCUT2D eigenvalue weighted by Gasteiger charge is 2.34. The van der Waals surface area contributed by atoms with Crippen molar-refractivity contribution in [2.75, 3.05) is 6.61 Å². The Balaban J connectivity index is 3.18. The van der Waals surface area contributed by atoms with Crippen LogP contribution in [0.1, 0.15) is 18.2 Å². The first-order chi connectivity index (χ1) is 9.28. The highest BCUT2D eigenvalue weighted by molar-refractivity contribution is 14.1. The van der Waals surface area contributed by atoms with Gasteiger partial charge in [-0.2, -0.15) is 0 Å². The van der Waals surface area contributed by atoms with Crippen molar-refractivity contribution < 1.29 is 27.4 Å². The van der Waals surface area contributed by atoms with Gasteiger partial charge < -0.3 is 15.2 Å². The first-order valence-electron chi connectivity index (χ1n) is 5.56. The van der Waals surface area contributed by atoms with E-state index in [4.69, 9.17) is 5.73 Å². The smallest absolute Gasteiger partial charge is 0.466 e. The van der Waals surface area contributed by atoms with Crippen molar-refractivity contribution in [3.63, 3.8) is 0 Å². The van der Waals surface area contributed by atoms with Crippen LogP contribution < -0.4 is 10.5 Å². The number of rotatable bonds is 5. The average Bonchev–Trinajstić information content (AvgIpc) is 2.31. The highest BCUT2D eigenvalue weighted by atomic mass is 127. The molecule has 1 heterocycles. The summed E-state index contributed by atoms with van der Waals surface area (Å²) in [6.45, 7) is 1.56. The molecule has 112 valence electrons. The minimum Gasteiger partial charge on any atom is -0.466 e. The van der Waals surface area contributed by atoms with E-state index in [2.05, 4.69) is 14.5 Å². The van der Waals surface area contributed by atoms with Gasteiger partial charge >= 0.3 is 12.3 Å². The number of alkyl halides is 3. The predicted molar refractivity (Wildman–Crippen MR) is 71.9 cm³/mol.